The van der Waals surface area contributed by atoms with Crippen molar-refractivity contribution in [3.8, 4) is 22.6 Å². The van der Waals surface area contributed by atoms with Gasteiger partial charge in [0.25, 0.3) is 5.91 Å². The van der Waals surface area contributed by atoms with E-state index in [2.05, 4.69) is 24.9 Å². The molecule has 1 aliphatic heterocycles. The highest BCUT2D eigenvalue weighted by Gasteiger charge is 2.43. The van der Waals surface area contributed by atoms with Crippen LogP contribution in [0.25, 0.3) is 11.1 Å². The number of halogens is 3. The number of benzene rings is 1. The third-order valence-corrected chi connectivity index (χ3v) is 4.11. The van der Waals surface area contributed by atoms with E-state index in [1.54, 1.807) is 19.1 Å². The third-order valence-electron chi connectivity index (χ3n) is 3.80. The summed E-state index contributed by atoms with van der Waals surface area (Å²) >= 11 is 6.15. The van der Waals surface area contributed by atoms with E-state index in [9.17, 15) is 13.6 Å². The molecular formula is C17H10ClF2N3O4. The molecule has 3 heterocycles. The van der Waals surface area contributed by atoms with Gasteiger partial charge in [-0.25, -0.2) is 4.98 Å². The number of carbonyl (C=O) groups excluding carboxylic acids is 1. The summed E-state index contributed by atoms with van der Waals surface area (Å²) in [5.41, 5.74) is 1.71. The SMILES string of the molecule is Cc1nocc1C(=O)Nc1ccc(-c2cc3c(cc2Cl)OC(F)(F)O3)cn1. The van der Waals surface area contributed by atoms with Crippen LogP contribution in [0, 0.1) is 6.92 Å². The molecule has 0 fully saturated rings. The minimum atomic E-state index is -3.73. The van der Waals surface area contributed by atoms with Crippen LogP contribution in [0.15, 0.2) is 41.2 Å². The topological polar surface area (TPSA) is 86.5 Å². The third kappa shape index (κ3) is 3.28. The molecule has 1 amide bonds. The maximum absolute atomic E-state index is 13.2. The lowest BCUT2D eigenvalue weighted by molar-refractivity contribution is -0.286. The van der Waals surface area contributed by atoms with Gasteiger partial charge in [-0.1, -0.05) is 16.8 Å². The predicted octanol–water partition coefficient (Wildman–Crippen LogP) is 4.27. The molecule has 2 aromatic heterocycles. The van der Waals surface area contributed by atoms with Crippen molar-refractivity contribution in [3.63, 3.8) is 0 Å². The van der Waals surface area contributed by atoms with Gasteiger partial charge in [-0.05, 0) is 25.1 Å². The number of ether oxygens (including phenoxy) is 2. The summed E-state index contributed by atoms with van der Waals surface area (Å²) in [6.07, 6.45) is -1.05. The zero-order valence-electron chi connectivity index (χ0n) is 13.6. The molecule has 1 N–H and O–H groups in total. The quantitative estimate of drug-likeness (QED) is 0.715. The van der Waals surface area contributed by atoms with Gasteiger partial charge in [0, 0.05) is 23.4 Å². The Morgan fingerprint density at radius 1 is 1.22 bits per heavy atom. The fourth-order valence-corrected chi connectivity index (χ4v) is 2.78. The maximum atomic E-state index is 13.2. The summed E-state index contributed by atoms with van der Waals surface area (Å²) < 4.78 is 39.9. The monoisotopic (exact) mass is 393 g/mol. The van der Waals surface area contributed by atoms with Gasteiger partial charge < -0.3 is 19.3 Å². The Hall–Kier alpha value is -3.20. The minimum absolute atomic E-state index is 0.125. The number of aryl methyl sites for hydroxylation is 1. The lowest BCUT2D eigenvalue weighted by Crippen LogP contribution is -2.25. The highest BCUT2D eigenvalue weighted by Crippen LogP contribution is 2.45. The first kappa shape index (κ1) is 17.2. The zero-order valence-corrected chi connectivity index (χ0v) is 14.4. The van der Waals surface area contributed by atoms with E-state index in [0.29, 0.717) is 22.4 Å². The van der Waals surface area contributed by atoms with Crippen LogP contribution in [0.2, 0.25) is 5.02 Å². The molecule has 0 saturated carbocycles. The Labute approximate surface area is 155 Å². The van der Waals surface area contributed by atoms with Crippen molar-refractivity contribution in [2.45, 2.75) is 13.2 Å². The Kier molecular flexibility index (Phi) is 3.96. The number of hydrogen-bond donors (Lipinski definition) is 1. The van der Waals surface area contributed by atoms with Crippen molar-refractivity contribution in [2.75, 3.05) is 5.32 Å². The summed E-state index contributed by atoms with van der Waals surface area (Å²) in [5.74, 6) is -0.403. The Morgan fingerprint density at radius 3 is 2.59 bits per heavy atom. The van der Waals surface area contributed by atoms with Gasteiger partial charge in [0.2, 0.25) is 0 Å². The first-order valence-corrected chi connectivity index (χ1v) is 7.98. The number of fused-ring (bicyclic) bond motifs is 1. The fraction of sp³-hybridized carbons (Fsp3) is 0.118. The molecule has 0 atom stereocenters. The number of anilines is 1. The van der Waals surface area contributed by atoms with Crippen molar-refractivity contribution in [3.05, 3.63) is 53.0 Å². The van der Waals surface area contributed by atoms with Gasteiger partial charge in [0.05, 0.1) is 10.7 Å². The van der Waals surface area contributed by atoms with Gasteiger partial charge in [0.1, 0.15) is 17.6 Å². The van der Waals surface area contributed by atoms with Crippen LogP contribution in [0.1, 0.15) is 16.1 Å². The van der Waals surface area contributed by atoms with Crippen LogP contribution >= 0.6 is 11.6 Å². The van der Waals surface area contributed by atoms with E-state index in [0.717, 1.165) is 0 Å². The number of pyridine rings is 1. The molecule has 0 bridgehead atoms. The van der Waals surface area contributed by atoms with Gasteiger partial charge in [-0.3, -0.25) is 4.79 Å². The van der Waals surface area contributed by atoms with Crippen molar-refractivity contribution in [2.24, 2.45) is 0 Å². The number of amides is 1. The molecule has 10 heteroatoms. The van der Waals surface area contributed by atoms with Crippen LogP contribution in [0.3, 0.4) is 0 Å². The van der Waals surface area contributed by atoms with Crippen molar-refractivity contribution >= 4 is 23.3 Å². The number of nitrogens with one attached hydrogen (secondary N) is 1. The highest BCUT2D eigenvalue weighted by molar-refractivity contribution is 6.33. The molecule has 1 aromatic carbocycles. The molecule has 0 radical (unpaired) electrons. The van der Waals surface area contributed by atoms with Crippen LogP contribution in [0.4, 0.5) is 14.6 Å². The number of alkyl halides is 2. The van der Waals surface area contributed by atoms with Crippen molar-refractivity contribution in [1.82, 2.24) is 10.1 Å². The van der Waals surface area contributed by atoms with Crippen molar-refractivity contribution in [1.29, 1.82) is 0 Å². The van der Waals surface area contributed by atoms with Crippen LogP contribution in [-0.2, 0) is 0 Å². The molecule has 3 aromatic rings. The molecule has 0 spiro atoms. The van der Waals surface area contributed by atoms with Gasteiger partial charge in [0.15, 0.2) is 11.5 Å². The van der Waals surface area contributed by atoms with Gasteiger partial charge in [-0.2, -0.15) is 0 Å². The molecule has 4 rings (SSSR count). The summed E-state index contributed by atoms with van der Waals surface area (Å²) in [7, 11) is 0. The Morgan fingerprint density at radius 2 is 1.96 bits per heavy atom. The summed E-state index contributed by atoms with van der Waals surface area (Å²) in [6, 6.07) is 5.77. The molecule has 27 heavy (non-hydrogen) atoms. The zero-order chi connectivity index (χ0) is 19.2. The van der Waals surface area contributed by atoms with Crippen molar-refractivity contribution < 1.29 is 27.6 Å². The normalized spacial score (nSPS) is 14.2. The fourth-order valence-electron chi connectivity index (χ4n) is 2.51. The second-order valence-electron chi connectivity index (χ2n) is 5.65. The van der Waals surface area contributed by atoms with E-state index >= 15 is 0 Å². The molecule has 0 saturated heterocycles. The average Bonchev–Trinajstić information content (AvgIpc) is 3.16. The summed E-state index contributed by atoms with van der Waals surface area (Å²) in [6.45, 7) is 1.64. The van der Waals surface area contributed by atoms with E-state index in [1.165, 1.54) is 24.6 Å². The molecule has 138 valence electrons. The van der Waals surface area contributed by atoms with Gasteiger partial charge in [-0.15, -0.1) is 8.78 Å². The lowest BCUT2D eigenvalue weighted by atomic mass is 10.1. The number of aromatic nitrogens is 2. The second kappa shape index (κ2) is 6.20. The minimum Gasteiger partial charge on any atom is -0.395 e. The van der Waals surface area contributed by atoms with E-state index < -0.39 is 12.2 Å². The second-order valence-corrected chi connectivity index (χ2v) is 6.05. The Bertz CT molecular complexity index is 1040. The van der Waals surface area contributed by atoms with Gasteiger partial charge >= 0.3 is 6.29 Å². The lowest BCUT2D eigenvalue weighted by Gasteiger charge is -2.07. The molecular weight excluding hydrogens is 384 g/mol. The average molecular weight is 394 g/mol. The number of carbonyl (C=O) groups is 1. The smallest absolute Gasteiger partial charge is 0.395 e. The van der Waals surface area contributed by atoms with Crippen LogP contribution in [0.5, 0.6) is 11.5 Å². The van der Waals surface area contributed by atoms with E-state index in [1.807, 2.05) is 0 Å². The molecule has 1 aliphatic rings. The predicted molar refractivity (Wildman–Crippen MR) is 90.1 cm³/mol. The summed E-state index contributed by atoms with van der Waals surface area (Å²) in [4.78, 5) is 16.3. The first-order valence-electron chi connectivity index (χ1n) is 7.60. The standard InChI is InChI=1S/C17H10ClF2N3O4/c1-8-11(7-25-23-8)16(24)22-15-3-2-9(6-21-15)10-4-13-14(5-12(10)18)27-17(19,20)26-13/h2-7H,1H3,(H,21,22,24). The highest BCUT2D eigenvalue weighted by atomic mass is 35.5. The van der Waals surface area contributed by atoms with E-state index in [4.69, 9.17) is 16.1 Å². The first-order chi connectivity index (χ1) is 12.8. The Balaban J connectivity index is 1.57. The van der Waals surface area contributed by atoms with E-state index in [-0.39, 0.29) is 22.3 Å². The molecule has 7 nitrogen and oxygen atoms in total. The number of nitrogens with zero attached hydrogens (tertiary/aromatic N) is 2. The maximum Gasteiger partial charge on any atom is 0.586 e. The number of rotatable bonds is 3. The van der Waals surface area contributed by atoms with Crippen LogP contribution < -0.4 is 14.8 Å². The van der Waals surface area contributed by atoms with Crippen LogP contribution in [-0.4, -0.2) is 22.3 Å². The molecule has 0 unspecified atom stereocenters. The summed E-state index contributed by atoms with van der Waals surface area (Å²) in [5, 5.41) is 6.43. The largest absolute Gasteiger partial charge is 0.586 e. The molecule has 0 aliphatic carbocycles. The number of hydrogen-bond acceptors (Lipinski definition) is 6.